The maximum absolute atomic E-state index is 13.5. The van der Waals surface area contributed by atoms with Crippen LogP contribution in [-0.2, 0) is 5.41 Å². The first-order valence-electron chi connectivity index (χ1n) is 12.5. The molecule has 0 radical (unpaired) electrons. The van der Waals surface area contributed by atoms with E-state index in [-0.39, 0.29) is 40.4 Å². The van der Waals surface area contributed by atoms with Crippen LogP contribution in [-0.4, -0.2) is 64.2 Å². The monoisotopic (exact) mass is 529 g/mol. The van der Waals surface area contributed by atoms with E-state index in [1.54, 1.807) is 12.1 Å². The van der Waals surface area contributed by atoms with Crippen LogP contribution in [0.4, 0.5) is 10.5 Å². The molecule has 1 aromatic carbocycles. The minimum Gasteiger partial charge on any atom is -0.395 e. The molecule has 2 aliphatic carbocycles. The number of nitrogens with zero attached hydrogens (tertiary/aromatic N) is 4. The molecule has 0 aliphatic heterocycles. The molecule has 7 nitrogen and oxygen atoms in total. The van der Waals surface area contributed by atoms with Gasteiger partial charge in [0.15, 0.2) is 0 Å². The van der Waals surface area contributed by atoms with Gasteiger partial charge in [0, 0.05) is 37.4 Å². The fourth-order valence-electron chi connectivity index (χ4n) is 5.72. The Hall–Kier alpha value is -2.37. The Morgan fingerprint density at radius 2 is 2.00 bits per heavy atom. The number of anilines is 1. The Morgan fingerprint density at radius 3 is 2.64 bits per heavy atom. The van der Waals surface area contributed by atoms with Crippen LogP contribution in [0.25, 0.3) is 0 Å². The third kappa shape index (κ3) is 5.95. The van der Waals surface area contributed by atoms with E-state index in [9.17, 15) is 15.2 Å². The summed E-state index contributed by atoms with van der Waals surface area (Å²) in [5.41, 5.74) is 2.58. The van der Waals surface area contributed by atoms with Crippen LogP contribution in [0, 0.1) is 17.2 Å². The van der Waals surface area contributed by atoms with E-state index in [1.807, 2.05) is 23.1 Å². The van der Waals surface area contributed by atoms with E-state index in [4.69, 9.17) is 23.2 Å². The van der Waals surface area contributed by atoms with Crippen LogP contribution in [0.1, 0.15) is 50.7 Å². The number of carbonyl (C=O) groups excluding carboxylic acids is 1. The minimum atomic E-state index is -0.189. The van der Waals surface area contributed by atoms with Crippen LogP contribution in [0.15, 0.2) is 36.4 Å². The van der Waals surface area contributed by atoms with Crippen LogP contribution in [0.2, 0.25) is 10.3 Å². The average Bonchev–Trinajstić information content (AvgIpc) is 3.58. The average molecular weight is 531 g/mol. The Morgan fingerprint density at radius 1 is 1.25 bits per heavy atom. The number of aliphatic hydroxyl groups is 1. The molecule has 0 saturated heterocycles. The molecule has 1 heterocycles. The van der Waals surface area contributed by atoms with Crippen molar-refractivity contribution in [2.24, 2.45) is 5.92 Å². The Bertz CT molecular complexity index is 1120. The summed E-state index contributed by atoms with van der Waals surface area (Å²) in [4.78, 5) is 21.6. The molecule has 1 aromatic heterocycles. The number of carbonyl (C=O) groups is 1. The van der Waals surface area contributed by atoms with Gasteiger partial charge in [0.25, 0.3) is 0 Å². The number of amides is 2. The van der Waals surface area contributed by atoms with Crippen molar-refractivity contribution in [2.45, 2.75) is 57.0 Å². The second kappa shape index (κ2) is 11.4. The predicted octanol–water partition coefficient (Wildman–Crippen LogP) is 5.31. The van der Waals surface area contributed by atoms with Gasteiger partial charge in [0.1, 0.15) is 10.3 Å². The third-order valence-electron chi connectivity index (χ3n) is 7.74. The summed E-state index contributed by atoms with van der Waals surface area (Å²) >= 11 is 12.1. The number of hydrogen-bond donors (Lipinski definition) is 2. The molecule has 1 unspecified atom stereocenters. The summed E-state index contributed by atoms with van der Waals surface area (Å²) in [6, 6.07) is 13.6. The van der Waals surface area contributed by atoms with Gasteiger partial charge in [-0.25, -0.2) is 9.78 Å². The van der Waals surface area contributed by atoms with Crippen molar-refractivity contribution in [3.63, 3.8) is 0 Å². The highest BCUT2D eigenvalue weighted by atomic mass is 35.5. The van der Waals surface area contributed by atoms with E-state index in [1.165, 1.54) is 5.56 Å². The number of fused-ring (bicyclic) bond motifs is 1. The standard InChI is InChI=1S/C27H33Cl2N5O2/c1-18(2)33(10-11-35)8-9-34(26(36)31-22-14-24(28)32-25(29)15-22)23-6-7-27(16-21(27)13-23)20-5-3-4-19(12-20)17-30/h3-5,12,14-15,18,21,23,35H,6-11,13,16H2,1-2H3,(H,31,32,36)/t21?,23-,27+/m0/s1. The number of benzene rings is 1. The number of nitrogens with one attached hydrogen (secondary N) is 1. The third-order valence-corrected chi connectivity index (χ3v) is 8.13. The second-order valence-electron chi connectivity index (χ2n) is 10.2. The molecule has 2 fully saturated rings. The van der Waals surface area contributed by atoms with Crippen LogP contribution < -0.4 is 5.32 Å². The summed E-state index contributed by atoms with van der Waals surface area (Å²) in [6.45, 7) is 6.04. The van der Waals surface area contributed by atoms with Gasteiger partial charge in [-0.15, -0.1) is 0 Å². The van der Waals surface area contributed by atoms with Gasteiger partial charge in [-0.2, -0.15) is 5.26 Å². The van der Waals surface area contributed by atoms with Crippen molar-refractivity contribution < 1.29 is 9.90 Å². The SMILES string of the molecule is CC(C)N(CCO)CCN(C(=O)Nc1cc(Cl)nc(Cl)c1)[C@H]1CC[C@]2(c3cccc(C#N)c3)CC2C1. The molecule has 3 atom stereocenters. The highest BCUT2D eigenvalue weighted by Gasteiger charge is 2.58. The zero-order valence-corrected chi connectivity index (χ0v) is 22.3. The number of halogens is 2. The van der Waals surface area contributed by atoms with Crippen LogP contribution >= 0.6 is 23.2 Å². The number of nitriles is 1. The van der Waals surface area contributed by atoms with E-state index < -0.39 is 0 Å². The highest BCUT2D eigenvalue weighted by molar-refractivity contribution is 6.32. The molecular formula is C27H33Cl2N5O2. The van der Waals surface area contributed by atoms with Gasteiger partial charge < -0.3 is 15.3 Å². The predicted molar refractivity (Wildman–Crippen MR) is 142 cm³/mol. The Labute approximate surface area is 223 Å². The van der Waals surface area contributed by atoms with Gasteiger partial charge in [-0.1, -0.05) is 35.3 Å². The molecule has 9 heteroatoms. The van der Waals surface area contributed by atoms with E-state index >= 15 is 0 Å². The number of urea groups is 1. The van der Waals surface area contributed by atoms with Crippen LogP contribution in [0.5, 0.6) is 0 Å². The lowest BCUT2D eigenvalue weighted by atomic mass is 9.80. The molecule has 2 aromatic rings. The van der Waals surface area contributed by atoms with E-state index in [0.717, 1.165) is 25.7 Å². The summed E-state index contributed by atoms with van der Waals surface area (Å²) < 4.78 is 0. The number of hydrogen-bond acceptors (Lipinski definition) is 5. The number of aromatic nitrogens is 1. The van der Waals surface area contributed by atoms with Gasteiger partial charge >= 0.3 is 6.03 Å². The summed E-state index contributed by atoms with van der Waals surface area (Å²) in [5, 5.41) is 22.2. The van der Waals surface area contributed by atoms with Crippen molar-refractivity contribution >= 4 is 34.9 Å². The summed E-state index contributed by atoms with van der Waals surface area (Å²) in [6.07, 6.45) is 3.88. The van der Waals surface area contributed by atoms with Crippen molar-refractivity contribution in [3.05, 3.63) is 57.8 Å². The summed E-state index contributed by atoms with van der Waals surface area (Å²) in [5.74, 6) is 0.490. The molecule has 0 spiro atoms. The molecular weight excluding hydrogens is 497 g/mol. The van der Waals surface area contributed by atoms with Crippen LogP contribution in [0.3, 0.4) is 0 Å². The lowest BCUT2D eigenvalue weighted by Crippen LogP contribution is -2.49. The fraction of sp³-hybridized carbons (Fsp3) is 0.519. The topological polar surface area (TPSA) is 92.5 Å². The van der Waals surface area contributed by atoms with E-state index in [0.29, 0.717) is 36.8 Å². The lowest BCUT2D eigenvalue weighted by Gasteiger charge is -2.38. The molecule has 2 saturated carbocycles. The molecule has 2 aliphatic rings. The maximum atomic E-state index is 13.5. The largest absolute Gasteiger partial charge is 0.395 e. The number of rotatable bonds is 9. The second-order valence-corrected chi connectivity index (χ2v) is 10.9. The molecule has 0 bridgehead atoms. The van der Waals surface area contributed by atoms with Crippen molar-refractivity contribution in [1.82, 2.24) is 14.8 Å². The van der Waals surface area contributed by atoms with Gasteiger partial charge in [0.2, 0.25) is 0 Å². The molecule has 2 N–H and O–H groups in total. The first kappa shape index (κ1) is 26.7. The fourth-order valence-corrected chi connectivity index (χ4v) is 6.18. The lowest BCUT2D eigenvalue weighted by molar-refractivity contribution is 0.122. The number of pyridine rings is 1. The molecule has 36 heavy (non-hydrogen) atoms. The van der Waals surface area contributed by atoms with Crippen molar-refractivity contribution in [3.8, 4) is 6.07 Å². The van der Waals surface area contributed by atoms with Crippen molar-refractivity contribution in [1.29, 1.82) is 5.26 Å². The Kier molecular flexibility index (Phi) is 8.41. The molecule has 2 amide bonds. The Balaban J connectivity index is 1.50. The highest BCUT2D eigenvalue weighted by Crippen LogP contribution is 2.62. The quantitative estimate of drug-likeness (QED) is 0.429. The first-order chi connectivity index (χ1) is 17.3. The summed E-state index contributed by atoms with van der Waals surface area (Å²) in [7, 11) is 0. The molecule has 192 valence electrons. The molecule has 4 rings (SSSR count). The number of aliphatic hydroxyl groups excluding tert-OH is 1. The normalized spacial score (nSPS) is 22.7. The minimum absolute atomic E-state index is 0.0776. The van der Waals surface area contributed by atoms with Gasteiger partial charge in [0.05, 0.1) is 18.2 Å². The van der Waals surface area contributed by atoms with Gasteiger partial charge in [-0.05, 0) is 80.7 Å². The zero-order chi connectivity index (χ0) is 25.9. The van der Waals surface area contributed by atoms with E-state index in [2.05, 4.69) is 41.2 Å². The van der Waals surface area contributed by atoms with Gasteiger partial charge in [-0.3, -0.25) is 4.90 Å². The zero-order valence-electron chi connectivity index (χ0n) is 20.8. The first-order valence-corrected chi connectivity index (χ1v) is 13.3. The smallest absolute Gasteiger partial charge is 0.322 e. The maximum Gasteiger partial charge on any atom is 0.322 e. The van der Waals surface area contributed by atoms with Crippen molar-refractivity contribution in [2.75, 3.05) is 31.6 Å².